The molecule has 0 N–H and O–H groups in total. The van der Waals surface area contributed by atoms with E-state index in [0.29, 0.717) is 6.42 Å². The number of aryl methyl sites for hydroxylation is 1. The maximum absolute atomic E-state index is 10.7. The minimum absolute atomic E-state index is 0.228. The molecule has 1 fully saturated rings. The van der Waals surface area contributed by atoms with Crippen molar-refractivity contribution in [1.82, 2.24) is 0 Å². The summed E-state index contributed by atoms with van der Waals surface area (Å²) in [5, 5.41) is -0.228. The number of carbonyl (C=O) groups is 1. The second-order valence-corrected chi connectivity index (χ2v) is 5.71. The Hall–Kier alpha value is -0.820. The average Bonchev–Trinajstić information content (AvgIpc) is 2.40. The van der Waals surface area contributed by atoms with Gasteiger partial charge in [0.1, 0.15) is 0 Å². The number of carbonyl (C=O) groups excluding carboxylic acids is 1. The normalized spacial score (nSPS) is 16.7. The predicted octanol–water partition coefficient (Wildman–Crippen LogP) is 4.82. The van der Waals surface area contributed by atoms with Crippen molar-refractivity contribution in [2.75, 3.05) is 0 Å². The molecule has 1 aliphatic rings. The number of hydrogen-bond acceptors (Lipinski definition) is 1. The van der Waals surface area contributed by atoms with Crippen LogP contribution in [0.4, 0.5) is 0 Å². The van der Waals surface area contributed by atoms with Crippen LogP contribution in [0, 0.1) is 0 Å². The van der Waals surface area contributed by atoms with Gasteiger partial charge in [0.05, 0.1) is 0 Å². The SMILES string of the molecule is O=C(Cl)CCCc1ccc(C2CCCCC2)cc1. The fourth-order valence-electron chi connectivity index (χ4n) is 2.82. The van der Waals surface area contributed by atoms with Crippen LogP contribution in [0.1, 0.15) is 62.0 Å². The van der Waals surface area contributed by atoms with Crippen molar-refractivity contribution >= 4 is 16.8 Å². The van der Waals surface area contributed by atoms with Crippen molar-refractivity contribution in [3.8, 4) is 0 Å². The molecule has 0 spiro atoms. The number of rotatable bonds is 5. The molecule has 0 bridgehead atoms. The molecule has 0 unspecified atom stereocenters. The smallest absolute Gasteiger partial charge is 0.221 e. The third-order valence-corrected chi connectivity index (χ3v) is 4.08. The Morgan fingerprint density at radius 1 is 1.11 bits per heavy atom. The second-order valence-electron chi connectivity index (χ2n) is 5.29. The van der Waals surface area contributed by atoms with Crippen LogP contribution < -0.4 is 0 Å². The molecule has 0 heterocycles. The first-order chi connectivity index (χ1) is 8.75. The lowest BCUT2D eigenvalue weighted by Crippen LogP contribution is -2.04. The van der Waals surface area contributed by atoms with Crippen molar-refractivity contribution in [1.29, 1.82) is 0 Å². The van der Waals surface area contributed by atoms with E-state index < -0.39 is 0 Å². The summed E-state index contributed by atoms with van der Waals surface area (Å²) in [7, 11) is 0. The van der Waals surface area contributed by atoms with Crippen molar-refractivity contribution in [2.45, 2.75) is 57.3 Å². The summed E-state index contributed by atoms with van der Waals surface area (Å²) < 4.78 is 0. The molecule has 0 aromatic heterocycles. The first-order valence-electron chi connectivity index (χ1n) is 7.03. The zero-order chi connectivity index (χ0) is 12.8. The summed E-state index contributed by atoms with van der Waals surface area (Å²) in [5.41, 5.74) is 2.80. The molecular weight excluding hydrogens is 244 g/mol. The predicted molar refractivity (Wildman–Crippen MR) is 76.1 cm³/mol. The molecule has 18 heavy (non-hydrogen) atoms. The number of hydrogen-bond donors (Lipinski definition) is 0. The number of halogens is 1. The summed E-state index contributed by atoms with van der Waals surface area (Å²) in [6, 6.07) is 8.97. The maximum Gasteiger partial charge on any atom is 0.221 e. The quantitative estimate of drug-likeness (QED) is 0.697. The Labute approximate surface area is 115 Å². The second kappa shape index (κ2) is 6.94. The summed E-state index contributed by atoms with van der Waals surface area (Å²) in [6.07, 6.45) is 9.14. The lowest BCUT2D eigenvalue weighted by molar-refractivity contribution is -0.111. The van der Waals surface area contributed by atoms with E-state index in [9.17, 15) is 4.79 Å². The van der Waals surface area contributed by atoms with Crippen molar-refractivity contribution in [3.05, 3.63) is 35.4 Å². The molecule has 1 aliphatic carbocycles. The molecule has 1 nitrogen and oxygen atoms in total. The molecule has 0 atom stereocenters. The Morgan fingerprint density at radius 3 is 2.39 bits per heavy atom. The fraction of sp³-hybridized carbons (Fsp3) is 0.562. The van der Waals surface area contributed by atoms with Gasteiger partial charge in [-0.3, -0.25) is 4.79 Å². The van der Waals surface area contributed by atoms with Gasteiger partial charge in [0.2, 0.25) is 5.24 Å². The van der Waals surface area contributed by atoms with Gasteiger partial charge in [-0.1, -0.05) is 43.5 Å². The Kier molecular flexibility index (Phi) is 5.25. The lowest BCUT2D eigenvalue weighted by Gasteiger charge is -2.22. The summed E-state index contributed by atoms with van der Waals surface area (Å²) >= 11 is 5.33. The minimum atomic E-state index is -0.228. The maximum atomic E-state index is 10.7. The van der Waals surface area contributed by atoms with Crippen LogP contribution in [0.3, 0.4) is 0 Å². The van der Waals surface area contributed by atoms with Gasteiger partial charge in [-0.05, 0) is 54.3 Å². The van der Waals surface area contributed by atoms with Crippen LogP contribution in [0.25, 0.3) is 0 Å². The van der Waals surface area contributed by atoms with E-state index in [4.69, 9.17) is 11.6 Å². The third kappa shape index (κ3) is 4.13. The monoisotopic (exact) mass is 264 g/mol. The van der Waals surface area contributed by atoms with Crippen molar-refractivity contribution in [3.63, 3.8) is 0 Å². The van der Waals surface area contributed by atoms with Crippen LogP contribution in [-0.2, 0) is 11.2 Å². The van der Waals surface area contributed by atoms with E-state index >= 15 is 0 Å². The van der Waals surface area contributed by atoms with Gasteiger partial charge in [-0.15, -0.1) is 0 Å². The van der Waals surface area contributed by atoms with E-state index in [1.54, 1.807) is 0 Å². The number of benzene rings is 1. The van der Waals surface area contributed by atoms with Gasteiger partial charge in [0.15, 0.2) is 0 Å². The van der Waals surface area contributed by atoms with E-state index in [1.165, 1.54) is 43.2 Å². The van der Waals surface area contributed by atoms with Crippen LogP contribution in [0.5, 0.6) is 0 Å². The third-order valence-electron chi connectivity index (χ3n) is 3.90. The van der Waals surface area contributed by atoms with E-state index in [-0.39, 0.29) is 5.24 Å². The standard InChI is InChI=1S/C16H21ClO/c17-16(18)8-4-5-13-9-11-15(12-10-13)14-6-2-1-3-7-14/h9-12,14H,1-8H2. The molecule has 98 valence electrons. The highest BCUT2D eigenvalue weighted by atomic mass is 35.5. The van der Waals surface area contributed by atoms with Gasteiger partial charge >= 0.3 is 0 Å². The molecular formula is C16H21ClO. The molecule has 2 heteroatoms. The molecule has 0 saturated heterocycles. The molecule has 2 rings (SSSR count). The molecule has 0 amide bonds. The summed E-state index contributed by atoms with van der Waals surface area (Å²) in [4.78, 5) is 10.7. The van der Waals surface area contributed by atoms with Gasteiger partial charge in [0, 0.05) is 6.42 Å². The molecule has 0 radical (unpaired) electrons. The molecule has 1 aromatic carbocycles. The van der Waals surface area contributed by atoms with E-state index in [0.717, 1.165) is 18.8 Å². The van der Waals surface area contributed by atoms with Crippen molar-refractivity contribution in [2.24, 2.45) is 0 Å². The van der Waals surface area contributed by atoms with Crippen molar-refractivity contribution < 1.29 is 4.79 Å². The van der Waals surface area contributed by atoms with Crippen LogP contribution in [0.15, 0.2) is 24.3 Å². The fourth-order valence-corrected chi connectivity index (χ4v) is 2.96. The highest BCUT2D eigenvalue weighted by molar-refractivity contribution is 6.63. The van der Waals surface area contributed by atoms with E-state index in [1.807, 2.05) is 0 Å². The summed E-state index contributed by atoms with van der Waals surface area (Å²) in [6.45, 7) is 0. The van der Waals surface area contributed by atoms with Crippen LogP contribution >= 0.6 is 11.6 Å². The first kappa shape index (κ1) is 13.6. The van der Waals surface area contributed by atoms with Gasteiger partial charge in [-0.2, -0.15) is 0 Å². The van der Waals surface area contributed by atoms with E-state index in [2.05, 4.69) is 24.3 Å². The molecule has 1 saturated carbocycles. The first-order valence-corrected chi connectivity index (χ1v) is 7.40. The zero-order valence-corrected chi connectivity index (χ0v) is 11.6. The molecule has 0 aliphatic heterocycles. The zero-order valence-electron chi connectivity index (χ0n) is 10.8. The van der Waals surface area contributed by atoms with Crippen LogP contribution in [-0.4, -0.2) is 5.24 Å². The Morgan fingerprint density at radius 2 is 1.78 bits per heavy atom. The topological polar surface area (TPSA) is 17.1 Å². The highest BCUT2D eigenvalue weighted by Crippen LogP contribution is 2.32. The Balaban J connectivity index is 1.86. The lowest BCUT2D eigenvalue weighted by atomic mass is 9.84. The summed E-state index contributed by atoms with van der Waals surface area (Å²) in [5.74, 6) is 0.775. The molecule has 1 aromatic rings. The largest absolute Gasteiger partial charge is 0.281 e. The van der Waals surface area contributed by atoms with Gasteiger partial charge in [0.25, 0.3) is 0 Å². The van der Waals surface area contributed by atoms with Crippen LogP contribution in [0.2, 0.25) is 0 Å². The van der Waals surface area contributed by atoms with Gasteiger partial charge < -0.3 is 0 Å². The minimum Gasteiger partial charge on any atom is -0.281 e. The average molecular weight is 265 g/mol. The highest BCUT2D eigenvalue weighted by Gasteiger charge is 2.14. The Bertz CT molecular complexity index is 377. The van der Waals surface area contributed by atoms with Gasteiger partial charge in [-0.25, -0.2) is 0 Å².